The van der Waals surface area contributed by atoms with Crippen molar-refractivity contribution >= 4 is 17.7 Å². The second-order valence-electron chi connectivity index (χ2n) is 4.62. The Kier molecular flexibility index (Phi) is 2.73. The van der Waals surface area contributed by atoms with E-state index in [-0.39, 0.29) is 5.69 Å². The van der Waals surface area contributed by atoms with E-state index in [0.717, 1.165) is 11.5 Å². The number of nitrogens with zero attached hydrogens (tertiary/aromatic N) is 2. The first-order valence-electron chi connectivity index (χ1n) is 5.71. The molecular formula is C10H12N4O3S. The molecule has 0 aromatic carbocycles. The summed E-state index contributed by atoms with van der Waals surface area (Å²) in [5.74, 6) is 2.81. The molecule has 18 heavy (non-hydrogen) atoms. The Bertz CT molecular complexity index is 583. The van der Waals surface area contributed by atoms with E-state index in [9.17, 15) is 14.4 Å². The summed E-state index contributed by atoms with van der Waals surface area (Å²) >= 11 is 1.91. The molecule has 0 saturated carbocycles. The molecule has 1 amide bonds. The first kappa shape index (κ1) is 11.5. The van der Waals surface area contributed by atoms with Crippen LogP contribution in [-0.2, 0) is 0 Å². The van der Waals surface area contributed by atoms with E-state index in [1.165, 1.54) is 0 Å². The summed E-state index contributed by atoms with van der Waals surface area (Å²) in [7, 11) is 0. The number of aromatic amines is 2. The number of H-pyrrole nitrogens is 2. The molecule has 3 heterocycles. The van der Waals surface area contributed by atoms with Gasteiger partial charge in [-0.05, 0) is 23.3 Å². The van der Waals surface area contributed by atoms with Crippen LogP contribution in [0.4, 0.5) is 0 Å². The van der Waals surface area contributed by atoms with Gasteiger partial charge in [-0.3, -0.25) is 14.6 Å². The van der Waals surface area contributed by atoms with Crippen molar-refractivity contribution in [2.45, 2.75) is 0 Å². The SMILES string of the molecule is O=C(c1n[nH]c(=O)[nH]c1=O)N1C[C@H]2CSC[C@H]2C1. The maximum absolute atomic E-state index is 12.1. The van der Waals surface area contributed by atoms with E-state index in [1.807, 2.05) is 16.7 Å². The molecule has 2 aliphatic rings. The van der Waals surface area contributed by atoms with Gasteiger partial charge in [-0.1, -0.05) is 0 Å². The Morgan fingerprint density at radius 1 is 1.28 bits per heavy atom. The molecule has 8 heteroatoms. The second-order valence-corrected chi connectivity index (χ2v) is 5.70. The molecule has 2 N–H and O–H groups in total. The number of nitrogens with one attached hydrogen (secondary N) is 2. The molecule has 2 fully saturated rings. The van der Waals surface area contributed by atoms with E-state index in [1.54, 1.807) is 4.90 Å². The number of amides is 1. The number of fused-ring (bicyclic) bond motifs is 1. The summed E-state index contributed by atoms with van der Waals surface area (Å²) < 4.78 is 0. The van der Waals surface area contributed by atoms with Crippen LogP contribution in [0.15, 0.2) is 9.59 Å². The molecule has 1 aromatic heterocycles. The highest BCUT2D eigenvalue weighted by Crippen LogP contribution is 2.36. The van der Waals surface area contributed by atoms with E-state index >= 15 is 0 Å². The molecule has 2 atom stereocenters. The number of rotatable bonds is 1. The third-order valence-electron chi connectivity index (χ3n) is 3.44. The summed E-state index contributed by atoms with van der Waals surface area (Å²) in [6, 6.07) is 0. The first-order chi connectivity index (χ1) is 8.65. The van der Waals surface area contributed by atoms with Crippen LogP contribution in [-0.4, -0.2) is 50.6 Å². The van der Waals surface area contributed by atoms with Crippen molar-refractivity contribution in [3.05, 3.63) is 26.5 Å². The summed E-state index contributed by atoms with van der Waals surface area (Å²) in [5, 5.41) is 5.62. The molecule has 96 valence electrons. The third-order valence-corrected chi connectivity index (χ3v) is 4.77. The number of hydrogen-bond donors (Lipinski definition) is 2. The highest BCUT2D eigenvalue weighted by atomic mass is 32.2. The van der Waals surface area contributed by atoms with Crippen molar-refractivity contribution in [2.75, 3.05) is 24.6 Å². The Balaban J connectivity index is 1.83. The van der Waals surface area contributed by atoms with Crippen LogP contribution < -0.4 is 11.2 Å². The van der Waals surface area contributed by atoms with Gasteiger partial charge in [-0.25, -0.2) is 9.89 Å². The number of hydrogen-bond acceptors (Lipinski definition) is 5. The van der Waals surface area contributed by atoms with E-state index < -0.39 is 17.2 Å². The lowest BCUT2D eigenvalue weighted by Gasteiger charge is -2.15. The van der Waals surface area contributed by atoms with Crippen LogP contribution in [0.25, 0.3) is 0 Å². The highest BCUT2D eigenvalue weighted by Gasteiger charge is 2.39. The van der Waals surface area contributed by atoms with Gasteiger partial charge in [-0.2, -0.15) is 16.9 Å². The summed E-state index contributed by atoms with van der Waals surface area (Å²) in [6.45, 7) is 1.35. The topological polar surface area (TPSA) is 98.9 Å². The summed E-state index contributed by atoms with van der Waals surface area (Å²) in [6.07, 6.45) is 0. The molecule has 0 spiro atoms. The summed E-state index contributed by atoms with van der Waals surface area (Å²) in [5.41, 5.74) is -1.66. The van der Waals surface area contributed by atoms with Gasteiger partial charge in [0.1, 0.15) is 0 Å². The molecular weight excluding hydrogens is 256 g/mol. The van der Waals surface area contributed by atoms with Crippen molar-refractivity contribution in [3.8, 4) is 0 Å². The maximum atomic E-state index is 12.1. The van der Waals surface area contributed by atoms with Crippen LogP contribution in [0, 0.1) is 11.8 Å². The summed E-state index contributed by atoms with van der Waals surface area (Å²) in [4.78, 5) is 38.1. The lowest BCUT2D eigenvalue weighted by Crippen LogP contribution is -2.38. The van der Waals surface area contributed by atoms with E-state index in [2.05, 4.69) is 10.2 Å². The number of likely N-dealkylation sites (tertiary alicyclic amines) is 1. The molecule has 7 nitrogen and oxygen atoms in total. The fourth-order valence-corrected chi connectivity index (χ4v) is 3.99. The van der Waals surface area contributed by atoms with Crippen molar-refractivity contribution < 1.29 is 4.79 Å². The number of thioether (sulfide) groups is 1. The molecule has 1 aromatic rings. The molecule has 0 unspecified atom stereocenters. The van der Waals surface area contributed by atoms with Crippen molar-refractivity contribution in [1.82, 2.24) is 20.1 Å². The van der Waals surface area contributed by atoms with Crippen LogP contribution in [0.5, 0.6) is 0 Å². The average Bonchev–Trinajstić information content (AvgIpc) is 2.87. The minimum Gasteiger partial charge on any atom is -0.336 e. The Labute approximate surface area is 106 Å². The normalized spacial score (nSPS) is 26.3. The molecule has 2 aliphatic heterocycles. The van der Waals surface area contributed by atoms with Gasteiger partial charge in [0.2, 0.25) is 5.69 Å². The number of carbonyl (C=O) groups is 1. The standard InChI is InChI=1S/C10H12N4O3S/c15-8-7(12-13-10(17)11-8)9(16)14-1-5-3-18-4-6(5)2-14/h5-6H,1-4H2,(H2,11,13,15,17)/t5-,6+. The van der Waals surface area contributed by atoms with E-state index in [0.29, 0.717) is 24.9 Å². The lowest BCUT2D eigenvalue weighted by atomic mass is 10.0. The van der Waals surface area contributed by atoms with E-state index in [4.69, 9.17) is 0 Å². The number of carbonyl (C=O) groups excluding carboxylic acids is 1. The van der Waals surface area contributed by atoms with Crippen molar-refractivity contribution in [1.29, 1.82) is 0 Å². The zero-order valence-electron chi connectivity index (χ0n) is 9.51. The zero-order valence-corrected chi connectivity index (χ0v) is 10.3. The van der Waals surface area contributed by atoms with Gasteiger partial charge in [0.15, 0.2) is 0 Å². The molecule has 0 aliphatic carbocycles. The minimum atomic E-state index is -0.727. The highest BCUT2D eigenvalue weighted by molar-refractivity contribution is 7.99. The van der Waals surface area contributed by atoms with Gasteiger partial charge in [0.25, 0.3) is 11.5 Å². The van der Waals surface area contributed by atoms with Crippen LogP contribution >= 0.6 is 11.8 Å². The van der Waals surface area contributed by atoms with Gasteiger partial charge in [0.05, 0.1) is 0 Å². The molecule has 2 saturated heterocycles. The Morgan fingerprint density at radius 3 is 2.56 bits per heavy atom. The predicted molar refractivity (Wildman–Crippen MR) is 65.7 cm³/mol. The Morgan fingerprint density at radius 2 is 1.94 bits per heavy atom. The van der Waals surface area contributed by atoms with Crippen LogP contribution in [0.2, 0.25) is 0 Å². The average molecular weight is 268 g/mol. The molecule has 3 rings (SSSR count). The minimum absolute atomic E-state index is 0.234. The van der Waals surface area contributed by atoms with Crippen molar-refractivity contribution in [3.63, 3.8) is 0 Å². The monoisotopic (exact) mass is 268 g/mol. The first-order valence-corrected chi connectivity index (χ1v) is 6.86. The predicted octanol–water partition coefficient (Wildman–Crippen LogP) is -1.11. The number of aromatic nitrogens is 3. The fourth-order valence-electron chi connectivity index (χ4n) is 2.50. The van der Waals surface area contributed by atoms with Gasteiger partial charge >= 0.3 is 5.69 Å². The largest absolute Gasteiger partial charge is 0.342 e. The smallest absolute Gasteiger partial charge is 0.336 e. The van der Waals surface area contributed by atoms with Crippen LogP contribution in [0.3, 0.4) is 0 Å². The third kappa shape index (κ3) is 1.86. The quantitative estimate of drug-likeness (QED) is 0.673. The van der Waals surface area contributed by atoms with Gasteiger partial charge in [0, 0.05) is 13.1 Å². The van der Waals surface area contributed by atoms with Gasteiger partial charge in [-0.15, -0.1) is 0 Å². The molecule has 0 radical (unpaired) electrons. The van der Waals surface area contributed by atoms with Gasteiger partial charge < -0.3 is 4.90 Å². The maximum Gasteiger partial charge on any atom is 0.342 e. The van der Waals surface area contributed by atoms with Crippen LogP contribution in [0.1, 0.15) is 10.5 Å². The lowest BCUT2D eigenvalue weighted by molar-refractivity contribution is 0.0775. The zero-order chi connectivity index (χ0) is 12.7. The fraction of sp³-hybridized carbons (Fsp3) is 0.600. The second kappa shape index (κ2) is 4.27. The Hall–Kier alpha value is -1.57. The van der Waals surface area contributed by atoms with Crippen molar-refractivity contribution in [2.24, 2.45) is 11.8 Å². The molecule has 0 bridgehead atoms.